The first-order chi connectivity index (χ1) is 15.2. The van der Waals surface area contributed by atoms with E-state index in [1.807, 2.05) is 35.2 Å². The van der Waals surface area contributed by atoms with Crippen LogP contribution in [0.4, 0.5) is 11.9 Å². The van der Waals surface area contributed by atoms with Gasteiger partial charge in [0, 0.05) is 44.0 Å². The number of nitrogens with zero attached hydrogens (tertiary/aromatic N) is 5. The van der Waals surface area contributed by atoms with Crippen LogP contribution >= 0.6 is 0 Å². The van der Waals surface area contributed by atoms with E-state index in [9.17, 15) is 4.79 Å². The molecule has 4 rings (SSSR count). The van der Waals surface area contributed by atoms with Crippen LogP contribution < -0.4 is 10.1 Å². The van der Waals surface area contributed by atoms with Gasteiger partial charge in [-0.1, -0.05) is 12.1 Å². The van der Waals surface area contributed by atoms with Crippen molar-refractivity contribution in [1.82, 2.24) is 24.8 Å². The SMILES string of the molecule is COc1ccc(CCC(=O)N2CCC[C@H](c3ccnc(Nc4ncccn4)n3)C2)cc1. The fraction of sp³-hybridized carbons (Fsp3) is 0.348. The lowest BCUT2D eigenvalue weighted by Gasteiger charge is -2.32. The van der Waals surface area contributed by atoms with Crippen molar-refractivity contribution in [2.24, 2.45) is 0 Å². The Hall–Kier alpha value is -3.55. The van der Waals surface area contributed by atoms with E-state index in [1.54, 1.807) is 31.8 Å². The smallest absolute Gasteiger partial charge is 0.229 e. The number of likely N-dealkylation sites (tertiary alicyclic amines) is 1. The molecular weight excluding hydrogens is 392 g/mol. The monoisotopic (exact) mass is 418 g/mol. The summed E-state index contributed by atoms with van der Waals surface area (Å²) >= 11 is 0. The Morgan fingerprint density at radius 2 is 1.87 bits per heavy atom. The van der Waals surface area contributed by atoms with Crippen LogP contribution in [0.5, 0.6) is 5.75 Å². The zero-order valence-corrected chi connectivity index (χ0v) is 17.6. The molecule has 0 aliphatic carbocycles. The molecule has 160 valence electrons. The van der Waals surface area contributed by atoms with Gasteiger partial charge in [0.05, 0.1) is 12.8 Å². The third-order valence-corrected chi connectivity index (χ3v) is 5.45. The van der Waals surface area contributed by atoms with Gasteiger partial charge in [0.25, 0.3) is 0 Å². The second-order valence-electron chi connectivity index (χ2n) is 7.53. The lowest BCUT2D eigenvalue weighted by Crippen LogP contribution is -2.39. The highest BCUT2D eigenvalue weighted by Crippen LogP contribution is 2.27. The number of carbonyl (C=O) groups is 1. The van der Waals surface area contributed by atoms with Crippen LogP contribution in [0, 0.1) is 0 Å². The van der Waals surface area contributed by atoms with Crippen LogP contribution in [0.15, 0.2) is 55.0 Å². The maximum absolute atomic E-state index is 12.8. The summed E-state index contributed by atoms with van der Waals surface area (Å²) in [5.41, 5.74) is 2.07. The van der Waals surface area contributed by atoms with Gasteiger partial charge in [-0.2, -0.15) is 0 Å². The Kier molecular flexibility index (Phi) is 6.66. The van der Waals surface area contributed by atoms with Crippen molar-refractivity contribution >= 4 is 17.8 Å². The number of rotatable bonds is 7. The minimum atomic E-state index is 0.186. The number of aromatic nitrogens is 4. The minimum Gasteiger partial charge on any atom is -0.497 e. The van der Waals surface area contributed by atoms with Crippen LogP contribution in [0.2, 0.25) is 0 Å². The molecule has 1 saturated heterocycles. The zero-order chi connectivity index (χ0) is 21.5. The number of carbonyl (C=O) groups excluding carboxylic acids is 1. The predicted octanol–water partition coefficient (Wildman–Crippen LogP) is 3.36. The molecule has 0 bridgehead atoms. The summed E-state index contributed by atoms with van der Waals surface area (Å²) < 4.78 is 5.19. The largest absolute Gasteiger partial charge is 0.497 e. The highest BCUT2D eigenvalue weighted by Gasteiger charge is 2.25. The van der Waals surface area contributed by atoms with E-state index in [0.29, 0.717) is 24.9 Å². The number of nitrogens with one attached hydrogen (secondary N) is 1. The van der Waals surface area contributed by atoms with Crippen LogP contribution in [0.1, 0.15) is 36.4 Å². The molecule has 0 saturated carbocycles. The van der Waals surface area contributed by atoms with Crippen molar-refractivity contribution < 1.29 is 9.53 Å². The first-order valence-corrected chi connectivity index (χ1v) is 10.5. The molecule has 1 aliphatic heterocycles. The standard InChI is InChI=1S/C23H26N6O2/c1-31-19-8-5-17(6-9-19)7-10-21(30)29-15-2-4-18(16-29)20-11-14-26-23(27-20)28-22-24-12-3-13-25-22/h3,5-6,8-9,11-14,18H,2,4,7,10,15-16H2,1H3,(H,24,25,26,27,28)/t18-/m0/s1. The maximum Gasteiger partial charge on any atom is 0.229 e. The van der Waals surface area contributed by atoms with Crippen molar-refractivity contribution in [2.75, 3.05) is 25.5 Å². The number of piperidine rings is 1. The highest BCUT2D eigenvalue weighted by atomic mass is 16.5. The quantitative estimate of drug-likeness (QED) is 0.629. The van der Waals surface area contributed by atoms with E-state index in [-0.39, 0.29) is 11.8 Å². The Balaban J connectivity index is 1.35. The van der Waals surface area contributed by atoms with Crippen molar-refractivity contribution in [3.63, 3.8) is 0 Å². The van der Waals surface area contributed by atoms with Gasteiger partial charge in [0.1, 0.15) is 5.75 Å². The molecule has 0 radical (unpaired) electrons. The second-order valence-corrected chi connectivity index (χ2v) is 7.53. The first-order valence-electron chi connectivity index (χ1n) is 10.5. The normalized spacial score (nSPS) is 16.0. The third kappa shape index (κ3) is 5.53. The van der Waals surface area contributed by atoms with E-state index in [0.717, 1.165) is 42.8 Å². The van der Waals surface area contributed by atoms with Crippen molar-refractivity contribution in [3.8, 4) is 5.75 Å². The summed E-state index contributed by atoms with van der Waals surface area (Å²) in [6.07, 6.45) is 8.25. The molecule has 2 aromatic heterocycles. The molecule has 3 heterocycles. The molecule has 1 fully saturated rings. The molecule has 1 N–H and O–H groups in total. The van der Waals surface area contributed by atoms with Crippen molar-refractivity contribution in [3.05, 3.63) is 66.2 Å². The number of hydrogen-bond donors (Lipinski definition) is 1. The van der Waals surface area contributed by atoms with Gasteiger partial charge >= 0.3 is 0 Å². The summed E-state index contributed by atoms with van der Waals surface area (Å²) in [6, 6.07) is 11.6. The van der Waals surface area contributed by atoms with E-state index >= 15 is 0 Å². The second kappa shape index (κ2) is 9.97. The average Bonchev–Trinajstić information content (AvgIpc) is 2.84. The maximum atomic E-state index is 12.8. The van der Waals surface area contributed by atoms with Crippen LogP contribution in [0.25, 0.3) is 0 Å². The van der Waals surface area contributed by atoms with Gasteiger partial charge in [-0.05, 0) is 49.1 Å². The average molecular weight is 419 g/mol. The molecule has 0 spiro atoms. The molecular formula is C23H26N6O2. The van der Waals surface area contributed by atoms with Gasteiger partial charge in [0.15, 0.2) is 0 Å². The molecule has 1 aromatic carbocycles. The Morgan fingerprint density at radius 3 is 2.65 bits per heavy atom. The summed E-state index contributed by atoms with van der Waals surface area (Å²) in [6.45, 7) is 1.48. The summed E-state index contributed by atoms with van der Waals surface area (Å²) in [5.74, 6) is 2.13. The summed E-state index contributed by atoms with van der Waals surface area (Å²) in [5, 5.41) is 3.03. The Morgan fingerprint density at radius 1 is 1.10 bits per heavy atom. The van der Waals surface area contributed by atoms with Crippen LogP contribution in [0.3, 0.4) is 0 Å². The van der Waals surface area contributed by atoms with Crippen molar-refractivity contribution in [1.29, 1.82) is 0 Å². The van der Waals surface area contributed by atoms with E-state index < -0.39 is 0 Å². The Labute approximate surface area is 181 Å². The fourth-order valence-corrected chi connectivity index (χ4v) is 3.77. The molecule has 1 aliphatic rings. The molecule has 1 amide bonds. The van der Waals surface area contributed by atoms with Gasteiger partial charge < -0.3 is 9.64 Å². The molecule has 0 unspecified atom stereocenters. The number of ether oxygens (including phenoxy) is 1. The number of aryl methyl sites for hydroxylation is 1. The molecule has 3 aromatic rings. The summed E-state index contributed by atoms with van der Waals surface area (Å²) in [7, 11) is 1.65. The minimum absolute atomic E-state index is 0.186. The van der Waals surface area contributed by atoms with Crippen LogP contribution in [-0.2, 0) is 11.2 Å². The van der Waals surface area contributed by atoms with Gasteiger partial charge in [-0.15, -0.1) is 0 Å². The molecule has 31 heavy (non-hydrogen) atoms. The van der Waals surface area contributed by atoms with Gasteiger partial charge in [-0.25, -0.2) is 19.9 Å². The lowest BCUT2D eigenvalue weighted by atomic mass is 9.94. The van der Waals surface area contributed by atoms with E-state index in [4.69, 9.17) is 4.74 Å². The number of hydrogen-bond acceptors (Lipinski definition) is 7. The number of methoxy groups -OCH3 is 1. The Bertz CT molecular complexity index is 996. The van der Waals surface area contributed by atoms with Gasteiger partial charge in [-0.3, -0.25) is 10.1 Å². The molecule has 8 heteroatoms. The first kappa shape index (κ1) is 20.7. The summed E-state index contributed by atoms with van der Waals surface area (Å²) in [4.78, 5) is 32.0. The number of amides is 1. The molecule has 8 nitrogen and oxygen atoms in total. The number of anilines is 2. The molecule has 1 atom stereocenters. The topological polar surface area (TPSA) is 93.1 Å². The lowest BCUT2D eigenvalue weighted by molar-refractivity contribution is -0.132. The highest BCUT2D eigenvalue weighted by molar-refractivity contribution is 5.76. The third-order valence-electron chi connectivity index (χ3n) is 5.45. The number of benzene rings is 1. The zero-order valence-electron chi connectivity index (χ0n) is 17.6. The van der Waals surface area contributed by atoms with E-state index in [2.05, 4.69) is 25.3 Å². The van der Waals surface area contributed by atoms with E-state index in [1.165, 1.54) is 0 Å². The van der Waals surface area contributed by atoms with Gasteiger partial charge in [0.2, 0.25) is 17.8 Å². The fourth-order valence-electron chi connectivity index (χ4n) is 3.77. The van der Waals surface area contributed by atoms with Crippen LogP contribution in [-0.4, -0.2) is 50.9 Å². The van der Waals surface area contributed by atoms with Crippen molar-refractivity contribution in [2.45, 2.75) is 31.6 Å². The predicted molar refractivity (Wildman–Crippen MR) is 117 cm³/mol.